The van der Waals surface area contributed by atoms with Crippen LogP contribution in [0.1, 0.15) is 11.1 Å². The molecule has 0 aliphatic heterocycles. The van der Waals surface area contributed by atoms with Crippen molar-refractivity contribution in [3.8, 4) is 11.8 Å². The first kappa shape index (κ1) is 17.4. The zero-order valence-electron chi connectivity index (χ0n) is 13.6. The van der Waals surface area contributed by atoms with Crippen molar-refractivity contribution >= 4 is 17.4 Å². The number of hydrogen-bond acceptors (Lipinski definition) is 6. The lowest BCUT2D eigenvalue weighted by Crippen LogP contribution is -2.26. The summed E-state index contributed by atoms with van der Waals surface area (Å²) >= 11 is 1.28. The van der Waals surface area contributed by atoms with Crippen molar-refractivity contribution in [1.82, 2.24) is 9.78 Å². The van der Waals surface area contributed by atoms with E-state index in [1.54, 1.807) is 13.0 Å². The van der Waals surface area contributed by atoms with Crippen LogP contribution in [0, 0.1) is 28.4 Å². The Balaban J connectivity index is 2.25. The Labute approximate surface area is 152 Å². The molecule has 1 heterocycles. The zero-order valence-corrected chi connectivity index (χ0v) is 14.4. The highest BCUT2D eigenvalue weighted by molar-refractivity contribution is 7.99. The minimum absolute atomic E-state index is 0.0221. The van der Waals surface area contributed by atoms with Gasteiger partial charge in [0.05, 0.1) is 4.92 Å². The predicted octanol–water partition coefficient (Wildman–Crippen LogP) is 3.47. The van der Waals surface area contributed by atoms with Gasteiger partial charge in [0, 0.05) is 16.5 Å². The summed E-state index contributed by atoms with van der Waals surface area (Å²) in [5.41, 5.74) is -0.561. The number of para-hydroxylation sites is 2. The van der Waals surface area contributed by atoms with Crippen molar-refractivity contribution in [2.24, 2.45) is 0 Å². The summed E-state index contributed by atoms with van der Waals surface area (Å²) in [6, 6.07) is 17.0. The highest BCUT2D eigenvalue weighted by Crippen LogP contribution is 2.29. The Bertz CT molecular complexity index is 1090. The van der Waals surface area contributed by atoms with Gasteiger partial charge in [-0.05, 0) is 25.1 Å². The molecule has 0 saturated carbocycles. The Morgan fingerprint density at radius 2 is 1.81 bits per heavy atom. The zero-order chi connectivity index (χ0) is 18.7. The molecule has 0 spiro atoms. The highest BCUT2D eigenvalue weighted by atomic mass is 32.2. The predicted molar refractivity (Wildman–Crippen MR) is 96.5 cm³/mol. The van der Waals surface area contributed by atoms with Crippen LogP contribution in [0.3, 0.4) is 0 Å². The second-order valence-electron chi connectivity index (χ2n) is 5.29. The molecule has 128 valence electrons. The fourth-order valence-electron chi connectivity index (χ4n) is 2.37. The maximum Gasteiger partial charge on any atom is 0.295 e. The molecule has 7 nitrogen and oxygen atoms in total. The summed E-state index contributed by atoms with van der Waals surface area (Å²) in [4.78, 5) is 24.2. The van der Waals surface area contributed by atoms with Gasteiger partial charge < -0.3 is 0 Å². The molecule has 3 rings (SSSR count). The minimum atomic E-state index is -0.684. The van der Waals surface area contributed by atoms with Gasteiger partial charge in [0.15, 0.2) is 0 Å². The fourth-order valence-corrected chi connectivity index (χ4v) is 3.27. The third-order valence-electron chi connectivity index (χ3n) is 3.67. The van der Waals surface area contributed by atoms with Gasteiger partial charge in [-0.1, -0.05) is 42.1 Å². The number of benzene rings is 2. The van der Waals surface area contributed by atoms with Gasteiger partial charge in [-0.2, -0.15) is 15.0 Å². The molecule has 0 N–H and O–H groups in total. The quantitative estimate of drug-likeness (QED) is 0.519. The van der Waals surface area contributed by atoms with E-state index in [1.165, 1.54) is 30.0 Å². The lowest BCUT2D eigenvalue weighted by molar-refractivity contribution is -0.384. The number of nitro groups is 1. The van der Waals surface area contributed by atoms with Gasteiger partial charge in [0.1, 0.15) is 22.3 Å². The first-order valence-corrected chi connectivity index (χ1v) is 8.35. The van der Waals surface area contributed by atoms with Gasteiger partial charge in [-0.25, -0.2) is 0 Å². The second kappa shape index (κ2) is 7.21. The van der Waals surface area contributed by atoms with Gasteiger partial charge in [-0.15, -0.1) is 0 Å². The number of nitrogens with zero attached hydrogens (tertiary/aromatic N) is 4. The third-order valence-corrected chi connectivity index (χ3v) is 4.76. The largest absolute Gasteiger partial charge is 0.295 e. The van der Waals surface area contributed by atoms with E-state index in [9.17, 15) is 20.2 Å². The van der Waals surface area contributed by atoms with Crippen LogP contribution in [0.4, 0.5) is 5.69 Å². The molecule has 0 atom stereocenters. The molecule has 1 aromatic heterocycles. The van der Waals surface area contributed by atoms with Crippen LogP contribution in [0.25, 0.3) is 5.69 Å². The Kier molecular flexibility index (Phi) is 4.82. The third kappa shape index (κ3) is 3.20. The number of rotatable bonds is 4. The van der Waals surface area contributed by atoms with Crippen LogP contribution < -0.4 is 5.56 Å². The molecule has 0 radical (unpaired) electrons. The van der Waals surface area contributed by atoms with Crippen molar-refractivity contribution in [2.75, 3.05) is 0 Å². The summed E-state index contributed by atoms with van der Waals surface area (Å²) in [5.74, 6) is 0. The smallest absolute Gasteiger partial charge is 0.266 e. The average Bonchev–Trinajstić information content (AvgIpc) is 2.65. The van der Waals surface area contributed by atoms with Crippen molar-refractivity contribution in [2.45, 2.75) is 16.8 Å². The molecule has 0 aliphatic carbocycles. The normalized spacial score (nSPS) is 10.3. The van der Waals surface area contributed by atoms with Crippen molar-refractivity contribution in [1.29, 1.82) is 5.26 Å². The van der Waals surface area contributed by atoms with Crippen LogP contribution in [-0.4, -0.2) is 14.7 Å². The van der Waals surface area contributed by atoms with Crippen LogP contribution >= 0.6 is 11.8 Å². The molecule has 0 unspecified atom stereocenters. The number of aromatic nitrogens is 2. The highest BCUT2D eigenvalue weighted by Gasteiger charge is 2.21. The summed E-state index contributed by atoms with van der Waals surface area (Å²) in [6.07, 6.45) is 0. The molecule has 0 fully saturated rings. The van der Waals surface area contributed by atoms with E-state index in [0.29, 0.717) is 10.6 Å². The summed E-state index contributed by atoms with van der Waals surface area (Å²) < 4.78 is 0.926. The average molecular weight is 364 g/mol. The van der Waals surface area contributed by atoms with Gasteiger partial charge in [-0.3, -0.25) is 14.9 Å². The molecule has 0 aliphatic rings. The molecule has 0 saturated heterocycles. The maximum absolute atomic E-state index is 12.6. The van der Waals surface area contributed by atoms with E-state index in [4.69, 9.17) is 0 Å². The maximum atomic E-state index is 12.6. The second-order valence-corrected chi connectivity index (χ2v) is 6.36. The van der Waals surface area contributed by atoms with E-state index in [2.05, 4.69) is 5.10 Å². The van der Waals surface area contributed by atoms with Crippen LogP contribution in [0.5, 0.6) is 0 Å². The van der Waals surface area contributed by atoms with E-state index < -0.39 is 10.5 Å². The Hall–Kier alpha value is -3.44. The summed E-state index contributed by atoms with van der Waals surface area (Å²) in [7, 11) is 0. The molecule has 3 aromatic rings. The number of nitro benzene ring substituents is 1. The van der Waals surface area contributed by atoms with E-state index >= 15 is 0 Å². The Morgan fingerprint density at radius 1 is 1.15 bits per heavy atom. The molecule has 0 amide bonds. The lowest BCUT2D eigenvalue weighted by atomic mass is 10.2. The van der Waals surface area contributed by atoms with Crippen LogP contribution in [0.2, 0.25) is 0 Å². The topological polar surface area (TPSA) is 102 Å². The Morgan fingerprint density at radius 3 is 2.46 bits per heavy atom. The summed E-state index contributed by atoms with van der Waals surface area (Å²) in [5, 5.41) is 25.4. The standard InChI is InChI=1S/C18H12N4O3S/c1-12-14(11-19)18(23)21(15-9-5-6-10-16(15)22(24)25)20-17(12)26-13-7-3-2-4-8-13/h2-10H,1H3. The molecule has 2 aromatic carbocycles. The fraction of sp³-hybridized carbons (Fsp3) is 0.0556. The van der Waals surface area contributed by atoms with Crippen LogP contribution in [0.15, 0.2) is 69.3 Å². The van der Waals surface area contributed by atoms with Gasteiger partial charge in [0.25, 0.3) is 11.2 Å². The van der Waals surface area contributed by atoms with Crippen molar-refractivity contribution < 1.29 is 4.92 Å². The first-order valence-electron chi connectivity index (χ1n) is 7.53. The SMILES string of the molecule is Cc1c(Sc2ccccc2)nn(-c2ccccc2[N+](=O)[O-])c(=O)c1C#N. The van der Waals surface area contributed by atoms with Crippen molar-refractivity contribution in [3.05, 3.63) is 86.2 Å². The first-order chi connectivity index (χ1) is 12.5. The van der Waals surface area contributed by atoms with E-state index in [-0.39, 0.29) is 16.9 Å². The van der Waals surface area contributed by atoms with Crippen LogP contribution in [-0.2, 0) is 0 Å². The number of nitriles is 1. The van der Waals surface area contributed by atoms with Crippen molar-refractivity contribution in [3.63, 3.8) is 0 Å². The monoisotopic (exact) mass is 364 g/mol. The van der Waals surface area contributed by atoms with E-state index in [1.807, 2.05) is 36.4 Å². The van der Waals surface area contributed by atoms with Gasteiger partial charge in [0.2, 0.25) is 0 Å². The van der Waals surface area contributed by atoms with E-state index in [0.717, 1.165) is 9.58 Å². The number of hydrogen-bond donors (Lipinski definition) is 0. The summed E-state index contributed by atoms with van der Waals surface area (Å²) in [6.45, 7) is 1.64. The molecule has 26 heavy (non-hydrogen) atoms. The molecule has 8 heteroatoms. The lowest BCUT2D eigenvalue weighted by Gasteiger charge is -2.11. The molecule has 0 bridgehead atoms. The minimum Gasteiger partial charge on any atom is -0.266 e. The molecular formula is C18H12N4O3S. The molecular weight excluding hydrogens is 352 g/mol. The van der Waals surface area contributed by atoms with Gasteiger partial charge >= 0.3 is 0 Å².